The van der Waals surface area contributed by atoms with E-state index in [1.54, 1.807) is 0 Å². The van der Waals surface area contributed by atoms with E-state index < -0.39 is 5.54 Å². The van der Waals surface area contributed by atoms with Gasteiger partial charge in [-0.25, -0.2) is 0 Å². The number of carbonyl (C=O) groups excluding carboxylic acids is 1. The maximum atomic E-state index is 12.2. The molecular weight excluding hydrogens is 264 g/mol. The number of rotatable bonds is 5. The molecular formula is C17H30N2O2. The predicted octanol–water partition coefficient (Wildman–Crippen LogP) is 2.33. The van der Waals surface area contributed by atoms with E-state index in [9.17, 15) is 4.79 Å². The minimum absolute atomic E-state index is 0.115. The fourth-order valence-electron chi connectivity index (χ4n) is 4.33. The van der Waals surface area contributed by atoms with E-state index in [0.717, 1.165) is 19.6 Å². The van der Waals surface area contributed by atoms with E-state index >= 15 is 0 Å². The number of esters is 1. The van der Waals surface area contributed by atoms with Gasteiger partial charge in [0.1, 0.15) is 5.54 Å². The lowest BCUT2D eigenvalue weighted by Gasteiger charge is -2.42. The topological polar surface area (TPSA) is 41.6 Å². The van der Waals surface area contributed by atoms with E-state index in [2.05, 4.69) is 10.2 Å². The number of ether oxygens (including phenoxy) is 1. The normalized spacial score (nSPS) is 28.5. The first kappa shape index (κ1) is 15.3. The van der Waals surface area contributed by atoms with Gasteiger partial charge in [-0.2, -0.15) is 0 Å². The number of nitrogens with zero attached hydrogens (tertiary/aromatic N) is 1. The van der Waals surface area contributed by atoms with Crippen LogP contribution >= 0.6 is 0 Å². The average molecular weight is 294 g/mol. The molecule has 1 N–H and O–H groups in total. The van der Waals surface area contributed by atoms with Gasteiger partial charge in [0.2, 0.25) is 0 Å². The van der Waals surface area contributed by atoms with Crippen LogP contribution in [0.25, 0.3) is 0 Å². The SMILES string of the molecule is COC(=O)C(C)(CN1CCC2(CCCC2)CC1)NC1CC1. The molecule has 1 saturated heterocycles. The number of methoxy groups -OCH3 is 1. The quantitative estimate of drug-likeness (QED) is 0.790. The van der Waals surface area contributed by atoms with Gasteiger partial charge in [0.05, 0.1) is 7.11 Å². The molecule has 0 aromatic carbocycles. The van der Waals surface area contributed by atoms with Crippen molar-refractivity contribution in [3.8, 4) is 0 Å². The van der Waals surface area contributed by atoms with Crippen molar-refractivity contribution in [2.75, 3.05) is 26.7 Å². The van der Waals surface area contributed by atoms with Crippen molar-refractivity contribution in [2.45, 2.75) is 69.9 Å². The molecule has 1 spiro atoms. The second kappa shape index (κ2) is 5.88. The van der Waals surface area contributed by atoms with Gasteiger partial charge in [-0.05, 0) is 64.0 Å². The molecule has 2 aliphatic carbocycles. The van der Waals surface area contributed by atoms with Crippen molar-refractivity contribution in [2.24, 2.45) is 5.41 Å². The highest BCUT2D eigenvalue weighted by Crippen LogP contribution is 2.46. The monoisotopic (exact) mass is 294 g/mol. The van der Waals surface area contributed by atoms with Gasteiger partial charge in [0, 0.05) is 12.6 Å². The maximum Gasteiger partial charge on any atom is 0.327 e. The zero-order chi connectivity index (χ0) is 14.9. The number of carbonyl (C=O) groups is 1. The molecule has 4 nitrogen and oxygen atoms in total. The van der Waals surface area contributed by atoms with Crippen molar-refractivity contribution < 1.29 is 9.53 Å². The lowest BCUT2D eigenvalue weighted by molar-refractivity contribution is -0.149. The van der Waals surface area contributed by atoms with E-state index in [-0.39, 0.29) is 5.97 Å². The van der Waals surface area contributed by atoms with Crippen molar-refractivity contribution in [1.29, 1.82) is 0 Å². The standard InChI is InChI=1S/C17H30N2O2/c1-16(15(20)21-2,18-14-5-6-14)13-19-11-9-17(10-12-19)7-3-4-8-17/h14,18H,3-13H2,1-2H3. The molecule has 1 unspecified atom stereocenters. The summed E-state index contributed by atoms with van der Waals surface area (Å²) in [4.78, 5) is 14.7. The van der Waals surface area contributed by atoms with Crippen LogP contribution in [0.3, 0.4) is 0 Å². The zero-order valence-electron chi connectivity index (χ0n) is 13.6. The highest BCUT2D eigenvalue weighted by molar-refractivity contribution is 5.80. The van der Waals surface area contributed by atoms with E-state index in [1.807, 2.05) is 6.92 Å². The van der Waals surface area contributed by atoms with Crippen LogP contribution in [0, 0.1) is 5.41 Å². The van der Waals surface area contributed by atoms with Crippen LogP contribution < -0.4 is 5.32 Å². The van der Waals surface area contributed by atoms with Gasteiger partial charge in [-0.3, -0.25) is 10.1 Å². The Morgan fingerprint density at radius 1 is 1.24 bits per heavy atom. The fourth-order valence-corrected chi connectivity index (χ4v) is 4.33. The predicted molar refractivity (Wildman–Crippen MR) is 83.2 cm³/mol. The summed E-state index contributed by atoms with van der Waals surface area (Å²) in [5.74, 6) is -0.115. The molecule has 3 rings (SSSR count). The Bertz CT molecular complexity index is 378. The summed E-state index contributed by atoms with van der Waals surface area (Å²) >= 11 is 0. The molecule has 120 valence electrons. The lowest BCUT2D eigenvalue weighted by atomic mass is 9.77. The van der Waals surface area contributed by atoms with Crippen molar-refractivity contribution in [3.05, 3.63) is 0 Å². The van der Waals surface area contributed by atoms with Crippen LogP contribution in [0.15, 0.2) is 0 Å². The van der Waals surface area contributed by atoms with Crippen LogP contribution in [0.1, 0.15) is 58.3 Å². The van der Waals surface area contributed by atoms with Crippen molar-refractivity contribution in [1.82, 2.24) is 10.2 Å². The molecule has 3 fully saturated rings. The first-order valence-electron chi connectivity index (χ1n) is 8.64. The smallest absolute Gasteiger partial charge is 0.327 e. The molecule has 4 heteroatoms. The summed E-state index contributed by atoms with van der Waals surface area (Å²) in [6.45, 7) is 5.07. The van der Waals surface area contributed by atoms with Gasteiger partial charge < -0.3 is 9.64 Å². The Balaban J connectivity index is 1.57. The summed E-state index contributed by atoms with van der Waals surface area (Å²) in [7, 11) is 1.50. The summed E-state index contributed by atoms with van der Waals surface area (Å²) in [6, 6.07) is 0.514. The molecule has 21 heavy (non-hydrogen) atoms. The fraction of sp³-hybridized carbons (Fsp3) is 0.941. The number of hydrogen-bond donors (Lipinski definition) is 1. The minimum atomic E-state index is -0.546. The van der Waals surface area contributed by atoms with Gasteiger partial charge in [-0.1, -0.05) is 12.8 Å². The summed E-state index contributed by atoms with van der Waals surface area (Å²) in [6.07, 6.45) is 10.7. The molecule has 0 aromatic heterocycles. The number of likely N-dealkylation sites (tertiary alicyclic amines) is 1. The highest BCUT2D eigenvalue weighted by atomic mass is 16.5. The highest BCUT2D eigenvalue weighted by Gasteiger charge is 2.43. The molecule has 3 aliphatic rings. The van der Waals surface area contributed by atoms with Crippen LogP contribution in [0.2, 0.25) is 0 Å². The van der Waals surface area contributed by atoms with Crippen LogP contribution in [0.5, 0.6) is 0 Å². The third kappa shape index (κ3) is 3.42. The maximum absolute atomic E-state index is 12.2. The molecule has 0 radical (unpaired) electrons. The number of piperidine rings is 1. The van der Waals surface area contributed by atoms with Crippen LogP contribution in [0.4, 0.5) is 0 Å². The van der Waals surface area contributed by atoms with Crippen molar-refractivity contribution >= 4 is 5.97 Å². The molecule has 1 aliphatic heterocycles. The van der Waals surface area contributed by atoms with E-state index in [4.69, 9.17) is 4.74 Å². The molecule has 1 atom stereocenters. The van der Waals surface area contributed by atoms with Gasteiger partial charge in [0.25, 0.3) is 0 Å². The Morgan fingerprint density at radius 2 is 1.86 bits per heavy atom. The Morgan fingerprint density at radius 3 is 2.38 bits per heavy atom. The zero-order valence-corrected chi connectivity index (χ0v) is 13.6. The summed E-state index contributed by atoms with van der Waals surface area (Å²) in [5.41, 5.74) is 0.0954. The van der Waals surface area contributed by atoms with Crippen LogP contribution in [-0.2, 0) is 9.53 Å². The molecule has 1 heterocycles. The molecule has 0 amide bonds. The van der Waals surface area contributed by atoms with Gasteiger partial charge in [-0.15, -0.1) is 0 Å². The van der Waals surface area contributed by atoms with Crippen LogP contribution in [-0.4, -0.2) is 49.2 Å². The average Bonchev–Trinajstić information content (AvgIpc) is 3.18. The first-order chi connectivity index (χ1) is 10.1. The van der Waals surface area contributed by atoms with E-state index in [1.165, 1.54) is 58.5 Å². The Labute approximate surface area is 128 Å². The molecule has 0 bridgehead atoms. The van der Waals surface area contributed by atoms with Crippen molar-refractivity contribution in [3.63, 3.8) is 0 Å². The first-order valence-corrected chi connectivity index (χ1v) is 8.64. The summed E-state index contributed by atoms with van der Waals surface area (Å²) < 4.78 is 5.05. The summed E-state index contributed by atoms with van der Waals surface area (Å²) in [5, 5.41) is 3.51. The van der Waals surface area contributed by atoms with Gasteiger partial charge >= 0.3 is 5.97 Å². The lowest BCUT2D eigenvalue weighted by Crippen LogP contribution is -2.59. The third-order valence-electron chi connectivity index (χ3n) is 5.86. The minimum Gasteiger partial charge on any atom is -0.468 e. The molecule has 0 aromatic rings. The number of hydrogen-bond acceptors (Lipinski definition) is 4. The molecule has 2 saturated carbocycles. The van der Waals surface area contributed by atoms with E-state index in [0.29, 0.717) is 11.5 Å². The Kier molecular flexibility index (Phi) is 4.28. The third-order valence-corrected chi connectivity index (χ3v) is 5.86. The van der Waals surface area contributed by atoms with Gasteiger partial charge in [0.15, 0.2) is 0 Å². The second-order valence-corrected chi connectivity index (χ2v) is 7.73. The Hall–Kier alpha value is -0.610. The number of nitrogens with one attached hydrogen (secondary N) is 1. The second-order valence-electron chi connectivity index (χ2n) is 7.73. The largest absolute Gasteiger partial charge is 0.468 e.